The van der Waals surface area contributed by atoms with Crippen LogP contribution in [0, 0.1) is 0 Å². The first-order chi connectivity index (χ1) is 11.7. The monoisotopic (exact) mass is 433 g/mol. The molecular weight excluding hydrogens is 414 g/mol. The fourth-order valence-corrected chi connectivity index (χ4v) is 5.22. The molecule has 26 heavy (non-hydrogen) atoms. The van der Waals surface area contributed by atoms with Gasteiger partial charge in [0.25, 0.3) is 0 Å². The number of hydrogen-bond acceptors (Lipinski definition) is 4. The molecule has 1 aromatic carbocycles. The van der Waals surface area contributed by atoms with Crippen LogP contribution in [0.3, 0.4) is 0 Å². The number of alkyl halides is 3. The van der Waals surface area contributed by atoms with Crippen molar-refractivity contribution < 1.29 is 21.6 Å². The summed E-state index contributed by atoms with van der Waals surface area (Å²) in [5.74, 6) is 0. The average molecular weight is 434 g/mol. The van der Waals surface area contributed by atoms with E-state index in [0.29, 0.717) is 12.5 Å². The van der Waals surface area contributed by atoms with Crippen molar-refractivity contribution in [2.75, 3.05) is 39.3 Å². The summed E-state index contributed by atoms with van der Waals surface area (Å²) in [6.07, 6.45) is -4.17. The first-order valence-electron chi connectivity index (χ1n) is 8.01. The van der Waals surface area contributed by atoms with E-state index in [1.54, 1.807) is 0 Å². The minimum absolute atomic E-state index is 0. The van der Waals surface area contributed by atoms with E-state index in [4.69, 9.17) is 11.6 Å². The third-order valence-corrected chi connectivity index (χ3v) is 6.82. The Morgan fingerprint density at radius 3 is 2.42 bits per heavy atom. The van der Waals surface area contributed by atoms with Crippen LogP contribution in [0.5, 0.6) is 0 Å². The molecule has 2 saturated heterocycles. The van der Waals surface area contributed by atoms with E-state index in [0.717, 1.165) is 36.6 Å². The second-order valence-electron chi connectivity index (χ2n) is 6.23. The summed E-state index contributed by atoms with van der Waals surface area (Å²) in [6.45, 7) is 3.72. The predicted octanol–water partition coefficient (Wildman–Crippen LogP) is 2.45. The molecular formula is C15H20Cl2F3N3O2S. The lowest BCUT2D eigenvalue weighted by Crippen LogP contribution is -2.49. The molecule has 3 rings (SSSR count). The summed E-state index contributed by atoms with van der Waals surface area (Å²) in [4.78, 5) is 1.46. The summed E-state index contributed by atoms with van der Waals surface area (Å²) < 4.78 is 66.5. The average Bonchev–Trinajstić information content (AvgIpc) is 3.05. The van der Waals surface area contributed by atoms with Gasteiger partial charge in [0.15, 0.2) is 0 Å². The van der Waals surface area contributed by atoms with Crippen molar-refractivity contribution in [1.29, 1.82) is 0 Å². The third-order valence-electron chi connectivity index (χ3n) is 4.66. The zero-order valence-electron chi connectivity index (χ0n) is 13.8. The van der Waals surface area contributed by atoms with Crippen molar-refractivity contribution >= 4 is 34.0 Å². The number of piperazine rings is 1. The van der Waals surface area contributed by atoms with Crippen molar-refractivity contribution in [2.24, 2.45) is 0 Å². The molecule has 2 aliphatic heterocycles. The summed E-state index contributed by atoms with van der Waals surface area (Å²) in [6, 6.07) is 2.82. The van der Waals surface area contributed by atoms with Crippen LogP contribution in [0.15, 0.2) is 23.1 Å². The second-order valence-corrected chi connectivity index (χ2v) is 8.57. The van der Waals surface area contributed by atoms with E-state index in [-0.39, 0.29) is 36.6 Å². The van der Waals surface area contributed by atoms with Gasteiger partial charge in [-0.1, -0.05) is 11.6 Å². The van der Waals surface area contributed by atoms with Crippen LogP contribution in [0.4, 0.5) is 13.2 Å². The largest absolute Gasteiger partial charge is 0.417 e. The Hall–Kier alpha value is -0.580. The molecule has 148 valence electrons. The Bertz CT molecular complexity index is 740. The number of halogens is 5. The standard InChI is InChI=1S/C15H19ClF3N3O2S.ClH/c16-11-1-2-14(13(9-11)15(17,18)19)25(23,24)22-6-3-12(10-22)21-7-4-20-5-8-21;/h1-2,9,12,20H,3-8,10H2;1H. The van der Waals surface area contributed by atoms with Crippen LogP contribution < -0.4 is 5.32 Å². The fourth-order valence-electron chi connectivity index (χ4n) is 3.36. The molecule has 1 aromatic rings. The van der Waals surface area contributed by atoms with Gasteiger partial charge in [-0.15, -0.1) is 12.4 Å². The van der Waals surface area contributed by atoms with Crippen molar-refractivity contribution in [2.45, 2.75) is 23.5 Å². The number of nitrogens with one attached hydrogen (secondary N) is 1. The van der Waals surface area contributed by atoms with Crippen LogP contribution in [0.1, 0.15) is 12.0 Å². The van der Waals surface area contributed by atoms with Crippen LogP contribution in [-0.2, 0) is 16.2 Å². The van der Waals surface area contributed by atoms with Gasteiger partial charge in [0.1, 0.15) is 0 Å². The van der Waals surface area contributed by atoms with E-state index in [9.17, 15) is 21.6 Å². The summed E-state index contributed by atoms with van der Waals surface area (Å²) in [5, 5.41) is 3.08. The zero-order chi connectivity index (χ0) is 18.2. The van der Waals surface area contributed by atoms with E-state index in [2.05, 4.69) is 10.2 Å². The highest BCUT2D eigenvalue weighted by Gasteiger charge is 2.42. The van der Waals surface area contributed by atoms with Gasteiger partial charge in [-0.25, -0.2) is 8.42 Å². The smallest absolute Gasteiger partial charge is 0.314 e. The topological polar surface area (TPSA) is 52.7 Å². The van der Waals surface area contributed by atoms with Gasteiger partial charge < -0.3 is 5.32 Å². The van der Waals surface area contributed by atoms with E-state index in [1.165, 1.54) is 6.07 Å². The number of nitrogens with zero attached hydrogens (tertiary/aromatic N) is 2. The van der Waals surface area contributed by atoms with Gasteiger partial charge in [0.2, 0.25) is 10.0 Å². The minimum atomic E-state index is -4.79. The van der Waals surface area contributed by atoms with Crippen LogP contribution in [-0.4, -0.2) is 62.9 Å². The quantitative estimate of drug-likeness (QED) is 0.795. The normalized spacial score (nSPS) is 23.0. The maximum absolute atomic E-state index is 13.3. The van der Waals surface area contributed by atoms with Crippen molar-refractivity contribution in [3.05, 3.63) is 28.8 Å². The fraction of sp³-hybridized carbons (Fsp3) is 0.600. The minimum Gasteiger partial charge on any atom is -0.314 e. The molecule has 0 spiro atoms. The molecule has 11 heteroatoms. The molecule has 0 aliphatic carbocycles. The Kier molecular flexibility index (Phi) is 6.85. The van der Waals surface area contributed by atoms with Crippen LogP contribution in [0.25, 0.3) is 0 Å². The first-order valence-corrected chi connectivity index (χ1v) is 9.83. The van der Waals surface area contributed by atoms with Gasteiger partial charge in [0, 0.05) is 50.3 Å². The zero-order valence-corrected chi connectivity index (χ0v) is 16.2. The Morgan fingerprint density at radius 1 is 1.15 bits per heavy atom. The Labute approximate surface area is 161 Å². The second kappa shape index (κ2) is 8.20. The maximum atomic E-state index is 13.3. The van der Waals surface area contributed by atoms with Crippen molar-refractivity contribution in [3.8, 4) is 0 Å². The predicted molar refractivity (Wildman–Crippen MR) is 95.3 cm³/mol. The summed E-state index contributed by atoms with van der Waals surface area (Å²) in [5.41, 5.74) is -1.22. The van der Waals surface area contributed by atoms with Gasteiger partial charge >= 0.3 is 6.18 Å². The number of hydrogen-bond donors (Lipinski definition) is 1. The van der Waals surface area contributed by atoms with Gasteiger partial charge in [-0.05, 0) is 24.6 Å². The number of sulfonamides is 1. The number of benzene rings is 1. The molecule has 1 atom stereocenters. The van der Waals surface area contributed by atoms with Gasteiger partial charge in [-0.2, -0.15) is 17.5 Å². The molecule has 2 fully saturated rings. The molecule has 2 heterocycles. The van der Waals surface area contributed by atoms with Crippen molar-refractivity contribution in [1.82, 2.24) is 14.5 Å². The van der Waals surface area contributed by atoms with E-state index in [1.807, 2.05) is 0 Å². The van der Waals surface area contributed by atoms with Crippen LogP contribution >= 0.6 is 24.0 Å². The van der Waals surface area contributed by atoms with E-state index >= 15 is 0 Å². The molecule has 0 radical (unpaired) electrons. The Morgan fingerprint density at radius 2 is 1.81 bits per heavy atom. The highest BCUT2D eigenvalue weighted by Crippen LogP contribution is 2.37. The molecule has 0 aromatic heterocycles. The highest BCUT2D eigenvalue weighted by atomic mass is 35.5. The molecule has 0 saturated carbocycles. The lowest BCUT2D eigenvalue weighted by molar-refractivity contribution is -0.139. The summed E-state index contributed by atoms with van der Waals surface area (Å²) in [7, 11) is -4.23. The van der Waals surface area contributed by atoms with Gasteiger partial charge in [-0.3, -0.25) is 4.90 Å². The third kappa shape index (κ3) is 4.45. The maximum Gasteiger partial charge on any atom is 0.417 e. The molecule has 1 unspecified atom stereocenters. The molecule has 1 N–H and O–H groups in total. The molecule has 0 amide bonds. The first kappa shape index (κ1) is 21.7. The van der Waals surface area contributed by atoms with E-state index < -0.39 is 26.7 Å². The lowest BCUT2D eigenvalue weighted by atomic mass is 10.2. The highest BCUT2D eigenvalue weighted by molar-refractivity contribution is 7.89. The molecule has 0 bridgehead atoms. The summed E-state index contributed by atoms with van der Waals surface area (Å²) >= 11 is 5.64. The van der Waals surface area contributed by atoms with Crippen molar-refractivity contribution in [3.63, 3.8) is 0 Å². The SMILES string of the molecule is Cl.O=S(=O)(c1ccc(Cl)cc1C(F)(F)F)N1CCC(N2CCNCC2)C1. The van der Waals surface area contributed by atoms with Crippen LogP contribution in [0.2, 0.25) is 5.02 Å². The molecule has 5 nitrogen and oxygen atoms in total. The number of rotatable bonds is 3. The molecule has 2 aliphatic rings. The van der Waals surface area contributed by atoms with Gasteiger partial charge in [0.05, 0.1) is 10.5 Å². The Balaban J connectivity index is 0.00000243. The lowest BCUT2D eigenvalue weighted by Gasteiger charge is -2.32.